The summed E-state index contributed by atoms with van der Waals surface area (Å²) in [6.07, 6.45) is 2.24. The fraction of sp³-hybridized carbons (Fsp3) is 0.562. The Morgan fingerprint density at radius 3 is 2.30 bits per heavy atom. The van der Waals surface area contributed by atoms with Crippen LogP contribution in [-0.2, 0) is 4.79 Å². The number of hydrogen-bond acceptors (Lipinski definition) is 3. The summed E-state index contributed by atoms with van der Waals surface area (Å²) < 4.78 is 0. The molecule has 0 radical (unpaired) electrons. The molecule has 4 nitrogen and oxygen atoms in total. The molecule has 0 fully saturated rings. The zero-order valence-corrected chi connectivity index (χ0v) is 12.9. The van der Waals surface area contributed by atoms with E-state index in [-0.39, 0.29) is 5.91 Å². The fourth-order valence-electron chi connectivity index (χ4n) is 2.05. The van der Waals surface area contributed by atoms with Crippen molar-refractivity contribution in [2.45, 2.75) is 33.6 Å². The van der Waals surface area contributed by atoms with E-state index >= 15 is 0 Å². The highest BCUT2D eigenvalue weighted by atomic mass is 16.1. The summed E-state index contributed by atoms with van der Waals surface area (Å²) in [5.41, 5.74) is 2.04. The fourth-order valence-corrected chi connectivity index (χ4v) is 2.05. The van der Waals surface area contributed by atoms with Gasteiger partial charge in [0, 0.05) is 24.5 Å². The van der Waals surface area contributed by atoms with Gasteiger partial charge >= 0.3 is 0 Å². The van der Waals surface area contributed by atoms with Crippen molar-refractivity contribution in [3.8, 4) is 0 Å². The van der Waals surface area contributed by atoms with Crippen molar-refractivity contribution in [3.63, 3.8) is 0 Å². The van der Waals surface area contributed by atoms with Crippen LogP contribution in [0.1, 0.15) is 33.6 Å². The second-order valence-corrected chi connectivity index (χ2v) is 4.80. The molecule has 2 N–H and O–H groups in total. The minimum Gasteiger partial charge on any atom is -0.372 e. The summed E-state index contributed by atoms with van der Waals surface area (Å²) in [6.45, 7) is 9.66. The van der Waals surface area contributed by atoms with E-state index in [1.165, 1.54) is 5.69 Å². The molecule has 0 aromatic heterocycles. The Morgan fingerprint density at radius 1 is 1.10 bits per heavy atom. The first-order valence-corrected chi connectivity index (χ1v) is 7.56. The third kappa shape index (κ3) is 5.61. The van der Waals surface area contributed by atoms with Crippen LogP contribution in [0.3, 0.4) is 0 Å². The van der Waals surface area contributed by atoms with Crippen molar-refractivity contribution in [3.05, 3.63) is 24.3 Å². The molecule has 0 aliphatic heterocycles. The Kier molecular flexibility index (Phi) is 7.73. The lowest BCUT2D eigenvalue weighted by Crippen LogP contribution is -2.28. The van der Waals surface area contributed by atoms with Gasteiger partial charge in [0.15, 0.2) is 0 Å². The molecule has 0 spiro atoms. The summed E-state index contributed by atoms with van der Waals surface area (Å²) in [5.74, 6) is 0.0108. The average Bonchev–Trinajstić information content (AvgIpc) is 2.47. The third-order valence-electron chi connectivity index (χ3n) is 3.27. The molecule has 0 saturated carbocycles. The molecule has 1 amide bonds. The van der Waals surface area contributed by atoms with Crippen LogP contribution >= 0.6 is 0 Å². The minimum atomic E-state index is 0.0108. The Hall–Kier alpha value is -1.55. The van der Waals surface area contributed by atoms with Crippen LogP contribution in [0.15, 0.2) is 24.3 Å². The standard InChI is InChI=1S/C16H27N3O/c1-4-7-12-17-13-16(20)18-14-8-10-15(11-9-14)19(5-2)6-3/h8-11,17H,4-7,12-13H2,1-3H3,(H,18,20). The molecule has 20 heavy (non-hydrogen) atoms. The molecule has 0 atom stereocenters. The predicted octanol–water partition coefficient (Wildman–Crippen LogP) is 2.86. The van der Waals surface area contributed by atoms with Gasteiger partial charge in [0.25, 0.3) is 0 Å². The molecular formula is C16H27N3O. The van der Waals surface area contributed by atoms with Gasteiger partial charge in [-0.25, -0.2) is 0 Å². The van der Waals surface area contributed by atoms with Crippen molar-refractivity contribution in [2.24, 2.45) is 0 Å². The number of nitrogens with zero attached hydrogens (tertiary/aromatic N) is 1. The molecule has 0 aliphatic rings. The van der Waals surface area contributed by atoms with Crippen LogP contribution in [0.4, 0.5) is 11.4 Å². The van der Waals surface area contributed by atoms with Crippen molar-refractivity contribution in [1.29, 1.82) is 0 Å². The minimum absolute atomic E-state index is 0.0108. The molecule has 4 heteroatoms. The summed E-state index contributed by atoms with van der Waals surface area (Å²) in [6, 6.07) is 8.01. The normalized spacial score (nSPS) is 10.3. The number of nitrogens with one attached hydrogen (secondary N) is 2. The molecule has 1 rings (SSSR count). The number of benzene rings is 1. The van der Waals surface area contributed by atoms with Crippen molar-refractivity contribution >= 4 is 17.3 Å². The van der Waals surface area contributed by atoms with Gasteiger partial charge in [-0.1, -0.05) is 13.3 Å². The van der Waals surface area contributed by atoms with E-state index in [0.29, 0.717) is 6.54 Å². The second kappa shape index (κ2) is 9.37. The molecule has 112 valence electrons. The highest BCUT2D eigenvalue weighted by Crippen LogP contribution is 2.17. The maximum atomic E-state index is 11.7. The second-order valence-electron chi connectivity index (χ2n) is 4.80. The van der Waals surface area contributed by atoms with Gasteiger partial charge in [-0.15, -0.1) is 0 Å². The molecule has 0 heterocycles. The van der Waals surface area contributed by atoms with E-state index in [9.17, 15) is 4.79 Å². The molecule has 1 aromatic rings. The van der Waals surface area contributed by atoms with Crippen molar-refractivity contribution in [2.75, 3.05) is 36.4 Å². The first-order valence-electron chi connectivity index (χ1n) is 7.56. The first kappa shape index (κ1) is 16.5. The number of amides is 1. The SMILES string of the molecule is CCCCNCC(=O)Nc1ccc(N(CC)CC)cc1. The number of hydrogen-bond donors (Lipinski definition) is 2. The van der Waals surface area contributed by atoms with E-state index in [1.54, 1.807) is 0 Å². The van der Waals surface area contributed by atoms with E-state index in [1.807, 2.05) is 24.3 Å². The highest BCUT2D eigenvalue weighted by Gasteiger charge is 2.04. The van der Waals surface area contributed by atoms with Gasteiger partial charge in [-0.05, 0) is 51.1 Å². The smallest absolute Gasteiger partial charge is 0.238 e. The Morgan fingerprint density at radius 2 is 1.75 bits per heavy atom. The summed E-state index contributed by atoms with van der Waals surface area (Å²) >= 11 is 0. The summed E-state index contributed by atoms with van der Waals surface area (Å²) in [5, 5.41) is 6.03. The van der Waals surface area contributed by atoms with Crippen LogP contribution < -0.4 is 15.5 Å². The van der Waals surface area contributed by atoms with Crippen LogP contribution in [0.25, 0.3) is 0 Å². The van der Waals surface area contributed by atoms with E-state index in [0.717, 1.165) is 38.2 Å². The molecule has 0 bridgehead atoms. The van der Waals surface area contributed by atoms with Crippen LogP contribution in [0.5, 0.6) is 0 Å². The first-order chi connectivity index (χ1) is 9.71. The number of unbranched alkanes of at least 4 members (excludes halogenated alkanes) is 1. The predicted molar refractivity (Wildman–Crippen MR) is 86.4 cm³/mol. The number of carbonyl (C=O) groups is 1. The molecule has 0 aliphatic carbocycles. The van der Waals surface area contributed by atoms with Gasteiger partial charge in [0.1, 0.15) is 0 Å². The van der Waals surface area contributed by atoms with Crippen LogP contribution in [0, 0.1) is 0 Å². The molecule has 0 unspecified atom stereocenters. The lowest BCUT2D eigenvalue weighted by Gasteiger charge is -2.21. The Labute approximate surface area is 122 Å². The lowest BCUT2D eigenvalue weighted by atomic mass is 10.2. The van der Waals surface area contributed by atoms with Gasteiger partial charge in [-0.3, -0.25) is 4.79 Å². The summed E-state index contributed by atoms with van der Waals surface area (Å²) in [4.78, 5) is 14.0. The van der Waals surface area contributed by atoms with Gasteiger partial charge in [0.05, 0.1) is 6.54 Å². The van der Waals surface area contributed by atoms with Crippen molar-refractivity contribution in [1.82, 2.24) is 5.32 Å². The monoisotopic (exact) mass is 277 g/mol. The van der Waals surface area contributed by atoms with Gasteiger partial charge in [0.2, 0.25) is 5.91 Å². The maximum absolute atomic E-state index is 11.7. The third-order valence-corrected chi connectivity index (χ3v) is 3.27. The Bertz CT molecular complexity index is 385. The maximum Gasteiger partial charge on any atom is 0.238 e. The molecule has 0 saturated heterocycles. The quantitative estimate of drug-likeness (QED) is 0.682. The van der Waals surface area contributed by atoms with Crippen LogP contribution in [-0.4, -0.2) is 32.1 Å². The summed E-state index contributed by atoms with van der Waals surface area (Å²) in [7, 11) is 0. The topological polar surface area (TPSA) is 44.4 Å². The van der Waals surface area contributed by atoms with E-state index in [2.05, 4.69) is 36.3 Å². The van der Waals surface area contributed by atoms with Crippen molar-refractivity contribution < 1.29 is 4.79 Å². The number of rotatable bonds is 9. The lowest BCUT2D eigenvalue weighted by molar-refractivity contribution is -0.115. The van der Waals surface area contributed by atoms with Gasteiger partial charge in [-0.2, -0.15) is 0 Å². The average molecular weight is 277 g/mol. The van der Waals surface area contributed by atoms with Gasteiger partial charge < -0.3 is 15.5 Å². The largest absolute Gasteiger partial charge is 0.372 e. The highest BCUT2D eigenvalue weighted by molar-refractivity contribution is 5.92. The number of anilines is 2. The zero-order chi connectivity index (χ0) is 14.8. The van der Waals surface area contributed by atoms with Crippen LogP contribution in [0.2, 0.25) is 0 Å². The Balaban J connectivity index is 2.42. The number of carbonyl (C=O) groups excluding carboxylic acids is 1. The van der Waals surface area contributed by atoms with E-state index < -0.39 is 0 Å². The zero-order valence-electron chi connectivity index (χ0n) is 12.9. The molecular weight excluding hydrogens is 250 g/mol. The molecule has 1 aromatic carbocycles. The van der Waals surface area contributed by atoms with E-state index in [4.69, 9.17) is 0 Å².